The van der Waals surface area contributed by atoms with E-state index in [0.717, 1.165) is 10.5 Å². The summed E-state index contributed by atoms with van der Waals surface area (Å²) < 4.78 is 1.16. The van der Waals surface area contributed by atoms with Gasteiger partial charge in [-0.25, -0.2) is 0 Å². The number of hydrogen-bond acceptors (Lipinski definition) is 1. The molecule has 3 heteroatoms. The highest BCUT2D eigenvalue weighted by atomic mass is 79.9. The van der Waals surface area contributed by atoms with Crippen molar-refractivity contribution >= 4 is 26.8 Å². The van der Waals surface area contributed by atoms with Crippen molar-refractivity contribution in [3.63, 3.8) is 0 Å². The van der Waals surface area contributed by atoms with Gasteiger partial charge in [0.1, 0.15) is 0 Å². The number of para-hydroxylation sites is 1. The summed E-state index contributed by atoms with van der Waals surface area (Å²) in [6, 6.07) is 7.20. The second kappa shape index (κ2) is 4.71. The molecule has 96 valence electrons. The van der Waals surface area contributed by atoms with Crippen molar-refractivity contribution in [3.05, 3.63) is 34.4 Å². The molecule has 0 saturated heterocycles. The second-order valence-electron chi connectivity index (χ2n) is 5.53. The highest BCUT2D eigenvalue weighted by Crippen LogP contribution is 2.40. The first kappa shape index (κ1) is 12.2. The van der Waals surface area contributed by atoms with Crippen molar-refractivity contribution in [3.8, 4) is 0 Å². The molecule has 0 spiro atoms. The van der Waals surface area contributed by atoms with Gasteiger partial charge in [-0.15, -0.1) is 0 Å². The first-order chi connectivity index (χ1) is 8.66. The van der Waals surface area contributed by atoms with Gasteiger partial charge in [0.15, 0.2) is 0 Å². The Morgan fingerprint density at radius 3 is 2.83 bits per heavy atom. The van der Waals surface area contributed by atoms with Crippen LogP contribution in [0.5, 0.6) is 0 Å². The normalized spacial score (nSPS) is 24.2. The van der Waals surface area contributed by atoms with Crippen LogP contribution in [0.25, 0.3) is 10.9 Å². The number of H-pyrrole nitrogens is 1. The molecular formula is C15H19BrN2. The smallest absolute Gasteiger partial charge is 0.0601 e. The van der Waals surface area contributed by atoms with E-state index in [1.807, 2.05) is 0 Å². The molecule has 0 bridgehead atoms. The quantitative estimate of drug-likeness (QED) is 0.884. The van der Waals surface area contributed by atoms with Crippen LogP contribution < -0.4 is 0 Å². The summed E-state index contributed by atoms with van der Waals surface area (Å²) in [6.45, 7) is 0. The molecule has 1 heterocycles. The Balaban J connectivity index is 1.94. The molecular weight excluding hydrogens is 288 g/mol. The fraction of sp³-hybridized carbons (Fsp3) is 0.467. The zero-order chi connectivity index (χ0) is 12.7. The third kappa shape index (κ3) is 1.99. The number of rotatable bonds is 2. The van der Waals surface area contributed by atoms with Gasteiger partial charge in [-0.3, -0.25) is 0 Å². The van der Waals surface area contributed by atoms with E-state index in [1.54, 1.807) is 0 Å². The highest BCUT2D eigenvalue weighted by Gasteiger charge is 2.28. The molecule has 2 atom stereocenters. The summed E-state index contributed by atoms with van der Waals surface area (Å²) in [7, 11) is 4.39. The Labute approximate surface area is 116 Å². The number of nitrogens with zero attached hydrogens (tertiary/aromatic N) is 1. The summed E-state index contributed by atoms with van der Waals surface area (Å²) in [5.41, 5.74) is 2.73. The molecule has 1 aliphatic carbocycles. The highest BCUT2D eigenvalue weighted by molar-refractivity contribution is 9.10. The molecule has 1 fully saturated rings. The number of nitrogens with one attached hydrogen (secondary N) is 1. The molecule has 1 aromatic carbocycles. The van der Waals surface area contributed by atoms with Crippen molar-refractivity contribution in [2.75, 3.05) is 14.1 Å². The van der Waals surface area contributed by atoms with Gasteiger partial charge in [0.05, 0.1) is 5.52 Å². The van der Waals surface area contributed by atoms with Crippen LogP contribution in [0.15, 0.2) is 28.9 Å². The van der Waals surface area contributed by atoms with Crippen molar-refractivity contribution in [2.45, 2.75) is 31.2 Å². The van der Waals surface area contributed by atoms with Crippen LogP contribution in [0, 0.1) is 0 Å². The molecule has 1 aromatic heterocycles. The minimum Gasteiger partial charge on any atom is -0.360 e. The molecule has 0 amide bonds. The Morgan fingerprint density at radius 2 is 2.11 bits per heavy atom. The molecule has 1 saturated carbocycles. The molecule has 18 heavy (non-hydrogen) atoms. The Bertz CT molecular complexity index is 559. The molecule has 1 N–H and O–H groups in total. The number of aromatic amines is 1. The summed E-state index contributed by atoms with van der Waals surface area (Å²) >= 11 is 3.61. The number of fused-ring (bicyclic) bond motifs is 1. The molecule has 2 unspecified atom stereocenters. The predicted octanol–water partition coefficient (Wildman–Crippen LogP) is 4.13. The first-order valence-corrected chi connectivity index (χ1v) is 7.38. The van der Waals surface area contributed by atoms with Gasteiger partial charge < -0.3 is 9.88 Å². The Hall–Kier alpha value is -0.800. The van der Waals surface area contributed by atoms with Crippen LogP contribution in [0.4, 0.5) is 0 Å². The van der Waals surface area contributed by atoms with Crippen LogP contribution >= 0.6 is 15.9 Å². The maximum atomic E-state index is 3.61. The lowest BCUT2D eigenvalue weighted by Gasteiger charge is -2.18. The third-order valence-electron chi connectivity index (χ3n) is 4.27. The van der Waals surface area contributed by atoms with E-state index >= 15 is 0 Å². The SMILES string of the molecule is CN(C)C1CCC(c2c[nH]c3c(Br)cccc23)C1. The summed E-state index contributed by atoms with van der Waals surface area (Å²) in [5.74, 6) is 0.709. The van der Waals surface area contributed by atoms with Gasteiger partial charge in [-0.2, -0.15) is 0 Å². The summed E-state index contributed by atoms with van der Waals surface area (Å²) in [6.07, 6.45) is 6.12. The minimum absolute atomic E-state index is 0.709. The first-order valence-electron chi connectivity index (χ1n) is 6.58. The van der Waals surface area contributed by atoms with Crippen molar-refractivity contribution < 1.29 is 0 Å². The summed E-state index contributed by atoms with van der Waals surface area (Å²) in [5, 5.41) is 1.38. The fourth-order valence-electron chi connectivity index (χ4n) is 3.19. The molecule has 0 aliphatic heterocycles. The molecule has 3 rings (SSSR count). The van der Waals surface area contributed by atoms with Crippen LogP contribution in [0.2, 0.25) is 0 Å². The second-order valence-corrected chi connectivity index (χ2v) is 6.39. The van der Waals surface area contributed by atoms with Gasteiger partial charge in [-0.05, 0) is 66.8 Å². The Kier molecular flexibility index (Phi) is 3.20. The maximum Gasteiger partial charge on any atom is 0.0601 e. The number of hydrogen-bond donors (Lipinski definition) is 1. The average molecular weight is 307 g/mol. The molecule has 2 aromatic rings. The van der Waals surface area contributed by atoms with Crippen molar-refractivity contribution in [2.24, 2.45) is 0 Å². The molecule has 1 aliphatic rings. The van der Waals surface area contributed by atoms with E-state index in [2.05, 4.69) is 64.3 Å². The van der Waals surface area contributed by atoms with Crippen LogP contribution in [-0.2, 0) is 0 Å². The van der Waals surface area contributed by atoms with E-state index < -0.39 is 0 Å². The van der Waals surface area contributed by atoms with Crippen molar-refractivity contribution in [1.29, 1.82) is 0 Å². The van der Waals surface area contributed by atoms with E-state index in [4.69, 9.17) is 0 Å². The number of benzene rings is 1. The van der Waals surface area contributed by atoms with E-state index in [9.17, 15) is 0 Å². The van der Waals surface area contributed by atoms with Gasteiger partial charge in [0, 0.05) is 22.1 Å². The predicted molar refractivity (Wildman–Crippen MR) is 80.1 cm³/mol. The lowest BCUT2D eigenvalue weighted by Crippen LogP contribution is -2.24. The van der Waals surface area contributed by atoms with E-state index in [0.29, 0.717) is 5.92 Å². The lowest BCUT2D eigenvalue weighted by molar-refractivity contribution is 0.297. The fourth-order valence-corrected chi connectivity index (χ4v) is 3.67. The maximum absolute atomic E-state index is 3.61. The molecule has 0 radical (unpaired) electrons. The molecule has 2 nitrogen and oxygen atoms in total. The van der Waals surface area contributed by atoms with Crippen LogP contribution in [-0.4, -0.2) is 30.0 Å². The van der Waals surface area contributed by atoms with Gasteiger partial charge >= 0.3 is 0 Å². The number of halogens is 1. The van der Waals surface area contributed by atoms with Crippen LogP contribution in [0.1, 0.15) is 30.7 Å². The zero-order valence-electron chi connectivity index (χ0n) is 10.9. The van der Waals surface area contributed by atoms with Gasteiger partial charge in [-0.1, -0.05) is 12.1 Å². The topological polar surface area (TPSA) is 19.0 Å². The van der Waals surface area contributed by atoms with E-state index in [-0.39, 0.29) is 0 Å². The zero-order valence-corrected chi connectivity index (χ0v) is 12.5. The number of aromatic nitrogens is 1. The Morgan fingerprint density at radius 1 is 1.28 bits per heavy atom. The van der Waals surface area contributed by atoms with Gasteiger partial charge in [0.25, 0.3) is 0 Å². The monoisotopic (exact) mass is 306 g/mol. The van der Waals surface area contributed by atoms with Crippen molar-refractivity contribution in [1.82, 2.24) is 9.88 Å². The largest absolute Gasteiger partial charge is 0.360 e. The van der Waals surface area contributed by atoms with E-state index in [1.165, 1.54) is 35.7 Å². The average Bonchev–Trinajstić information content (AvgIpc) is 2.94. The summed E-state index contributed by atoms with van der Waals surface area (Å²) in [4.78, 5) is 5.78. The lowest BCUT2D eigenvalue weighted by atomic mass is 9.97. The third-order valence-corrected chi connectivity index (χ3v) is 4.93. The standard InChI is InChI=1S/C15H19BrN2/c1-18(2)11-7-6-10(8-11)13-9-17-15-12(13)4-3-5-14(15)16/h3-5,9-11,17H,6-8H2,1-2H3. The van der Waals surface area contributed by atoms with Crippen LogP contribution in [0.3, 0.4) is 0 Å². The minimum atomic E-state index is 0.709. The van der Waals surface area contributed by atoms with Gasteiger partial charge in [0.2, 0.25) is 0 Å².